The van der Waals surface area contributed by atoms with Crippen LogP contribution >= 0.6 is 22.6 Å². The van der Waals surface area contributed by atoms with E-state index in [1.54, 1.807) is 0 Å². The zero-order valence-corrected chi connectivity index (χ0v) is 15.7. The molecule has 3 saturated carbocycles. The molecule has 124 valence electrons. The molecule has 0 bridgehead atoms. The number of rotatable bonds is 1. The third-order valence-corrected chi connectivity index (χ3v) is 8.95. The van der Waals surface area contributed by atoms with Crippen molar-refractivity contribution < 1.29 is 10.2 Å². The number of hydrogen-bond donors (Lipinski definition) is 2. The average molecular weight is 424 g/mol. The molecule has 23 heavy (non-hydrogen) atoms. The van der Waals surface area contributed by atoms with Crippen LogP contribution in [0.3, 0.4) is 0 Å². The minimum atomic E-state index is -0.0606. The summed E-state index contributed by atoms with van der Waals surface area (Å²) in [5.74, 6) is 4.58. The number of benzene rings is 1. The van der Waals surface area contributed by atoms with Crippen LogP contribution in [0.5, 0.6) is 5.75 Å². The molecule has 4 aliphatic rings. The molecule has 0 heterocycles. The Hall–Kier alpha value is -0.290. The second-order valence-corrected chi connectivity index (χ2v) is 9.64. The van der Waals surface area contributed by atoms with Gasteiger partial charge in [-0.25, -0.2) is 0 Å². The molecule has 3 fully saturated rings. The van der Waals surface area contributed by atoms with Crippen molar-refractivity contribution in [1.82, 2.24) is 0 Å². The van der Waals surface area contributed by atoms with Crippen LogP contribution in [0.4, 0.5) is 0 Å². The SMILES string of the molecule is C[C@]12CC[C@@H]3c4ccc(O)cc4CC(CI)[C@H]3[C@@H]1[C@@H]1C[C@@H]1[C@@H]2O. The molecule has 0 saturated heterocycles. The molecule has 1 aromatic carbocycles. The van der Waals surface area contributed by atoms with Gasteiger partial charge in [-0.1, -0.05) is 35.6 Å². The van der Waals surface area contributed by atoms with Crippen molar-refractivity contribution in [2.75, 3.05) is 4.43 Å². The molecule has 8 atom stereocenters. The second kappa shape index (κ2) is 4.87. The number of halogens is 1. The third-order valence-electron chi connectivity index (χ3n) is 7.82. The van der Waals surface area contributed by atoms with Gasteiger partial charge in [0, 0.05) is 4.43 Å². The van der Waals surface area contributed by atoms with Gasteiger partial charge < -0.3 is 10.2 Å². The molecule has 4 aliphatic carbocycles. The van der Waals surface area contributed by atoms with Gasteiger partial charge in [0.15, 0.2) is 0 Å². The summed E-state index contributed by atoms with van der Waals surface area (Å²) in [6, 6.07) is 6.06. The number of phenols is 1. The molecular formula is C20H25IO2. The van der Waals surface area contributed by atoms with Crippen molar-refractivity contribution in [3.63, 3.8) is 0 Å². The van der Waals surface area contributed by atoms with Crippen LogP contribution in [0.15, 0.2) is 18.2 Å². The predicted octanol–water partition coefficient (Wildman–Crippen LogP) is 4.13. The van der Waals surface area contributed by atoms with E-state index in [9.17, 15) is 10.2 Å². The Bertz CT molecular complexity index is 659. The lowest BCUT2D eigenvalue weighted by atomic mass is 9.51. The monoisotopic (exact) mass is 424 g/mol. The minimum Gasteiger partial charge on any atom is -0.508 e. The van der Waals surface area contributed by atoms with E-state index in [2.05, 4.69) is 35.6 Å². The van der Waals surface area contributed by atoms with Gasteiger partial charge in [-0.05, 0) is 89.9 Å². The largest absolute Gasteiger partial charge is 0.508 e. The van der Waals surface area contributed by atoms with Gasteiger partial charge in [-0.3, -0.25) is 0 Å². The van der Waals surface area contributed by atoms with Gasteiger partial charge in [-0.15, -0.1) is 0 Å². The normalized spacial score (nSPS) is 49.8. The van der Waals surface area contributed by atoms with E-state index in [4.69, 9.17) is 0 Å². The van der Waals surface area contributed by atoms with E-state index >= 15 is 0 Å². The highest BCUT2D eigenvalue weighted by Gasteiger charge is 2.69. The van der Waals surface area contributed by atoms with Gasteiger partial charge in [0.05, 0.1) is 6.10 Å². The summed E-state index contributed by atoms with van der Waals surface area (Å²) < 4.78 is 1.19. The summed E-state index contributed by atoms with van der Waals surface area (Å²) >= 11 is 2.56. The number of fused-ring (bicyclic) bond motifs is 7. The van der Waals surface area contributed by atoms with Crippen molar-refractivity contribution >= 4 is 22.6 Å². The quantitative estimate of drug-likeness (QED) is 0.526. The van der Waals surface area contributed by atoms with Gasteiger partial charge in [-0.2, -0.15) is 0 Å². The van der Waals surface area contributed by atoms with Gasteiger partial charge >= 0.3 is 0 Å². The van der Waals surface area contributed by atoms with E-state index in [0.717, 1.165) is 18.3 Å². The molecular weight excluding hydrogens is 399 g/mol. The van der Waals surface area contributed by atoms with Crippen molar-refractivity contribution in [1.29, 1.82) is 0 Å². The summed E-state index contributed by atoms with van der Waals surface area (Å²) in [6.45, 7) is 2.38. The van der Waals surface area contributed by atoms with Crippen molar-refractivity contribution in [3.8, 4) is 5.75 Å². The Balaban J connectivity index is 1.60. The lowest BCUT2D eigenvalue weighted by molar-refractivity contribution is -0.0573. The maximum Gasteiger partial charge on any atom is 0.115 e. The van der Waals surface area contributed by atoms with E-state index < -0.39 is 0 Å². The third kappa shape index (κ3) is 1.90. The van der Waals surface area contributed by atoms with Crippen LogP contribution < -0.4 is 0 Å². The number of aromatic hydroxyl groups is 1. The molecule has 5 rings (SSSR count). The second-order valence-electron chi connectivity index (χ2n) is 8.76. The predicted molar refractivity (Wildman–Crippen MR) is 98.9 cm³/mol. The van der Waals surface area contributed by atoms with Gasteiger partial charge in [0.25, 0.3) is 0 Å². The number of phenolic OH excluding ortho intramolecular Hbond substituents is 1. The Morgan fingerprint density at radius 1 is 1.30 bits per heavy atom. The number of alkyl halides is 1. The summed E-state index contributed by atoms with van der Waals surface area (Å²) in [6.07, 6.45) is 4.68. The summed E-state index contributed by atoms with van der Waals surface area (Å²) in [5.41, 5.74) is 3.03. The van der Waals surface area contributed by atoms with Crippen LogP contribution in [0.2, 0.25) is 0 Å². The van der Waals surface area contributed by atoms with E-state index in [-0.39, 0.29) is 11.5 Å². The molecule has 1 aromatic rings. The Morgan fingerprint density at radius 3 is 2.91 bits per heavy atom. The van der Waals surface area contributed by atoms with E-state index in [0.29, 0.717) is 29.4 Å². The zero-order valence-electron chi connectivity index (χ0n) is 13.6. The Kier molecular flexibility index (Phi) is 3.18. The van der Waals surface area contributed by atoms with Crippen LogP contribution in [-0.4, -0.2) is 20.7 Å². The number of aliphatic hydroxyl groups excluding tert-OH is 1. The van der Waals surface area contributed by atoms with E-state index in [1.807, 2.05) is 12.1 Å². The molecule has 2 nitrogen and oxygen atoms in total. The number of hydrogen-bond acceptors (Lipinski definition) is 2. The molecule has 0 amide bonds. The smallest absolute Gasteiger partial charge is 0.115 e. The highest BCUT2D eigenvalue weighted by atomic mass is 127. The molecule has 2 N–H and O–H groups in total. The first kappa shape index (κ1) is 15.0. The van der Waals surface area contributed by atoms with Crippen molar-refractivity contribution in [2.24, 2.45) is 35.0 Å². The Morgan fingerprint density at radius 2 is 2.13 bits per heavy atom. The molecule has 1 unspecified atom stereocenters. The van der Waals surface area contributed by atoms with Crippen LogP contribution in [0, 0.1) is 35.0 Å². The standard InChI is InChI=1S/C20H25IO2/c1-20-5-4-14-13-3-2-12(22)7-10(13)6-11(9-21)17(14)18(20)15-8-16(15)19(20)23/h2-3,7,11,14-19,22-23H,4-6,8-9H2,1H3/t11?,14-,15-,16+,17-,18+,19+,20+/m1/s1. The average Bonchev–Trinajstić information content (AvgIpc) is 3.28. The highest BCUT2D eigenvalue weighted by Crippen LogP contribution is 2.72. The Labute approximate surface area is 151 Å². The van der Waals surface area contributed by atoms with Crippen LogP contribution in [0.1, 0.15) is 43.2 Å². The first-order valence-corrected chi connectivity index (χ1v) is 10.6. The van der Waals surface area contributed by atoms with Crippen molar-refractivity contribution in [2.45, 2.75) is 44.6 Å². The highest BCUT2D eigenvalue weighted by molar-refractivity contribution is 14.1. The lowest BCUT2D eigenvalue weighted by Gasteiger charge is -2.54. The fourth-order valence-electron chi connectivity index (χ4n) is 6.83. The number of aliphatic hydroxyl groups is 1. The fraction of sp³-hybridized carbons (Fsp3) is 0.700. The van der Waals surface area contributed by atoms with Gasteiger partial charge in [0.2, 0.25) is 0 Å². The zero-order chi connectivity index (χ0) is 15.9. The van der Waals surface area contributed by atoms with Crippen LogP contribution in [-0.2, 0) is 6.42 Å². The van der Waals surface area contributed by atoms with Crippen molar-refractivity contribution in [3.05, 3.63) is 29.3 Å². The summed E-state index contributed by atoms with van der Waals surface area (Å²) in [5, 5.41) is 20.7. The minimum absolute atomic E-state index is 0.0606. The molecule has 0 aromatic heterocycles. The fourth-order valence-corrected chi connectivity index (χ4v) is 7.73. The first-order chi connectivity index (χ1) is 11.0. The topological polar surface area (TPSA) is 40.5 Å². The maximum atomic E-state index is 10.8. The van der Waals surface area contributed by atoms with Crippen LogP contribution in [0.25, 0.3) is 0 Å². The van der Waals surface area contributed by atoms with E-state index in [1.165, 1.54) is 34.8 Å². The summed E-state index contributed by atoms with van der Waals surface area (Å²) in [4.78, 5) is 0. The maximum absolute atomic E-state index is 10.8. The first-order valence-electron chi connectivity index (χ1n) is 9.10. The molecule has 0 radical (unpaired) electrons. The lowest BCUT2D eigenvalue weighted by Crippen LogP contribution is -2.49. The van der Waals surface area contributed by atoms with Gasteiger partial charge in [0.1, 0.15) is 5.75 Å². The molecule has 3 heteroatoms. The summed E-state index contributed by atoms with van der Waals surface area (Å²) in [7, 11) is 0. The molecule has 0 aliphatic heterocycles. The molecule has 0 spiro atoms.